The highest BCUT2D eigenvalue weighted by Gasteiger charge is 2.03. The Kier molecular flexibility index (Phi) is 4.40. The lowest BCUT2D eigenvalue weighted by molar-refractivity contribution is 0.0953. The molecule has 0 saturated heterocycles. The second kappa shape index (κ2) is 5.60. The van der Waals surface area contributed by atoms with Gasteiger partial charge in [0, 0.05) is 24.3 Å². The number of nitrogens with one attached hydrogen (secondary N) is 1. The van der Waals surface area contributed by atoms with E-state index in [0.717, 1.165) is 12.1 Å². The third-order valence-electron chi connectivity index (χ3n) is 1.77. The minimum absolute atomic E-state index is 0.0948. The maximum Gasteiger partial charge on any atom is 0.252 e. The Morgan fingerprint density at radius 2 is 2.36 bits per heavy atom. The molecule has 1 amide bonds. The average Bonchev–Trinajstić information content (AvgIpc) is 2.19. The van der Waals surface area contributed by atoms with E-state index in [4.69, 9.17) is 11.6 Å². The van der Waals surface area contributed by atoms with E-state index >= 15 is 0 Å². The molecule has 0 aliphatic rings. The molecule has 1 rings (SSSR count). The summed E-state index contributed by atoms with van der Waals surface area (Å²) in [5, 5.41) is 2.76. The van der Waals surface area contributed by atoms with Crippen molar-refractivity contribution in [3.8, 4) is 0 Å². The third kappa shape index (κ3) is 3.34. The number of pyridine rings is 1. The Morgan fingerprint density at radius 1 is 1.57 bits per heavy atom. The number of alkyl halides is 1. The quantitative estimate of drug-likeness (QED) is 0.610. The van der Waals surface area contributed by atoms with Gasteiger partial charge in [0.25, 0.3) is 5.91 Å². The zero-order valence-corrected chi connectivity index (χ0v) is 8.84. The van der Waals surface area contributed by atoms with Crippen LogP contribution in [0.25, 0.3) is 0 Å². The summed E-state index contributed by atoms with van der Waals surface area (Å²) >= 11 is 5.49. The molecule has 0 bridgehead atoms. The molecule has 0 atom stereocenters. The van der Waals surface area contributed by atoms with Crippen LogP contribution in [0, 0.1) is 6.92 Å². The number of carbonyl (C=O) groups is 1. The predicted octanol–water partition coefficient (Wildman–Crippen LogP) is 1.75. The molecule has 1 heterocycles. The van der Waals surface area contributed by atoms with Gasteiger partial charge in [0.05, 0.1) is 5.56 Å². The summed E-state index contributed by atoms with van der Waals surface area (Å²) < 4.78 is 0. The van der Waals surface area contributed by atoms with Crippen LogP contribution in [0.3, 0.4) is 0 Å². The minimum atomic E-state index is -0.0948. The van der Waals surface area contributed by atoms with Crippen LogP contribution in [0.1, 0.15) is 22.5 Å². The number of halogens is 1. The van der Waals surface area contributed by atoms with Gasteiger partial charge in [0.2, 0.25) is 0 Å². The third-order valence-corrected chi connectivity index (χ3v) is 2.04. The van der Waals surface area contributed by atoms with Crippen molar-refractivity contribution in [3.05, 3.63) is 29.6 Å². The van der Waals surface area contributed by atoms with E-state index < -0.39 is 0 Å². The van der Waals surface area contributed by atoms with Crippen LogP contribution >= 0.6 is 11.6 Å². The van der Waals surface area contributed by atoms with Crippen LogP contribution in [0.5, 0.6) is 0 Å². The number of nitrogens with zero attached hydrogens (tertiary/aromatic N) is 1. The second-order valence-corrected chi connectivity index (χ2v) is 3.36. The van der Waals surface area contributed by atoms with Gasteiger partial charge in [0.15, 0.2) is 0 Å². The second-order valence-electron chi connectivity index (χ2n) is 2.99. The first-order valence-electron chi connectivity index (χ1n) is 4.51. The van der Waals surface area contributed by atoms with E-state index in [1.54, 1.807) is 12.3 Å². The fourth-order valence-corrected chi connectivity index (χ4v) is 1.11. The number of aromatic nitrogens is 1. The van der Waals surface area contributed by atoms with Crippen molar-refractivity contribution in [1.82, 2.24) is 10.3 Å². The Balaban J connectivity index is 2.48. The lowest BCUT2D eigenvalue weighted by Gasteiger charge is -2.03. The van der Waals surface area contributed by atoms with Gasteiger partial charge in [-0.3, -0.25) is 9.78 Å². The zero-order valence-electron chi connectivity index (χ0n) is 8.09. The number of carbonyl (C=O) groups excluding carboxylic acids is 1. The highest BCUT2D eigenvalue weighted by molar-refractivity contribution is 6.17. The summed E-state index contributed by atoms with van der Waals surface area (Å²) in [6.07, 6.45) is 2.36. The van der Waals surface area contributed by atoms with Gasteiger partial charge in [-0.05, 0) is 25.5 Å². The first-order chi connectivity index (χ1) is 6.74. The van der Waals surface area contributed by atoms with Gasteiger partial charge in [-0.2, -0.15) is 0 Å². The maximum absolute atomic E-state index is 11.4. The SMILES string of the molecule is Cc1ccc(C(=O)NCCCCl)cn1. The molecule has 1 aromatic rings. The van der Waals surface area contributed by atoms with Crippen molar-refractivity contribution in [2.24, 2.45) is 0 Å². The molecule has 14 heavy (non-hydrogen) atoms. The molecule has 0 unspecified atom stereocenters. The fraction of sp³-hybridized carbons (Fsp3) is 0.400. The van der Waals surface area contributed by atoms with Crippen LogP contribution in [0.15, 0.2) is 18.3 Å². The molecule has 4 heteroatoms. The summed E-state index contributed by atoms with van der Waals surface area (Å²) in [6.45, 7) is 2.49. The van der Waals surface area contributed by atoms with E-state index in [2.05, 4.69) is 10.3 Å². The molecule has 0 aromatic carbocycles. The summed E-state index contributed by atoms with van der Waals surface area (Å²) in [4.78, 5) is 15.5. The molecule has 0 radical (unpaired) electrons. The van der Waals surface area contributed by atoms with Crippen molar-refractivity contribution < 1.29 is 4.79 Å². The maximum atomic E-state index is 11.4. The largest absolute Gasteiger partial charge is 0.352 e. The van der Waals surface area contributed by atoms with Crippen LogP contribution < -0.4 is 5.32 Å². The Labute approximate surface area is 88.5 Å². The summed E-state index contributed by atoms with van der Waals surface area (Å²) in [5.41, 5.74) is 1.49. The van der Waals surface area contributed by atoms with Gasteiger partial charge in [-0.25, -0.2) is 0 Å². The van der Waals surface area contributed by atoms with Gasteiger partial charge in [-0.15, -0.1) is 11.6 Å². The Morgan fingerprint density at radius 3 is 2.93 bits per heavy atom. The first-order valence-corrected chi connectivity index (χ1v) is 5.04. The van der Waals surface area contributed by atoms with Crippen molar-refractivity contribution >= 4 is 17.5 Å². The minimum Gasteiger partial charge on any atom is -0.352 e. The molecule has 0 spiro atoms. The van der Waals surface area contributed by atoms with Crippen LogP contribution in [-0.2, 0) is 0 Å². The summed E-state index contributed by atoms with van der Waals surface area (Å²) in [7, 11) is 0. The molecule has 0 aliphatic carbocycles. The van der Waals surface area contributed by atoms with E-state index in [0.29, 0.717) is 18.0 Å². The lowest BCUT2D eigenvalue weighted by Crippen LogP contribution is -2.24. The van der Waals surface area contributed by atoms with E-state index in [1.165, 1.54) is 0 Å². The standard InChI is InChI=1S/C10H13ClN2O/c1-8-3-4-9(7-13-8)10(14)12-6-2-5-11/h3-4,7H,2,5-6H2,1H3,(H,12,14). The van der Waals surface area contributed by atoms with Gasteiger partial charge < -0.3 is 5.32 Å². The molecule has 3 nitrogen and oxygen atoms in total. The number of aryl methyl sites for hydroxylation is 1. The molecule has 0 aliphatic heterocycles. The Bertz CT molecular complexity index is 297. The molecule has 1 N–H and O–H groups in total. The number of hydrogen-bond donors (Lipinski definition) is 1. The van der Waals surface area contributed by atoms with Crippen LogP contribution in [0.2, 0.25) is 0 Å². The van der Waals surface area contributed by atoms with Gasteiger partial charge >= 0.3 is 0 Å². The molecule has 76 valence electrons. The molecule has 1 aromatic heterocycles. The summed E-state index contributed by atoms with van der Waals surface area (Å²) in [6, 6.07) is 3.58. The predicted molar refractivity (Wildman–Crippen MR) is 56.6 cm³/mol. The van der Waals surface area contributed by atoms with E-state index in [1.807, 2.05) is 13.0 Å². The van der Waals surface area contributed by atoms with Crippen molar-refractivity contribution in [2.45, 2.75) is 13.3 Å². The van der Waals surface area contributed by atoms with Crippen molar-refractivity contribution in [2.75, 3.05) is 12.4 Å². The number of hydrogen-bond acceptors (Lipinski definition) is 2. The normalized spacial score (nSPS) is 9.86. The highest BCUT2D eigenvalue weighted by atomic mass is 35.5. The van der Waals surface area contributed by atoms with Crippen molar-refractivity contribution in [3.63, 3.8) is 0 Å². The lowest BCUT2D eigenvalue weighted by atomic mass is 10.2. The van der Waals surface area contributed by atoms with Gasteiger partial charge in [-0.1, -0.05) is 0 Å². The molecule has 0 saturated carbocycles. The molecule has 0 fully saturated rings. The van der Waals surface area contributed by atoms with Crippen molar-refractivity contribution in [1.29, 1.82) is 0 Å². The van der Waals surface area contributed by atoms with E-state index in [9.17, 15) is 4.79 Å². The number of amides is 1. The average molecular weight is 213 g/mol. The van der Waals surface area contributed by atoms with Crippen LogP contribution in [-0.4, -0.2) is 23.3 Å². The zero-order chi connectivity index (χ0) is 10.4. The van der Waals surface area contributed by atoms with Crippen LogP contribution in [0.4, 0.5) is 0 Å². The topological polar surface area (TPSA) is 42.0 Å². The van der Waals surface area contributed by atoms with Gasteiger partial charge in [0.1, 0.15) is 0 Å². The number of rotatable bonds is 4. The smallest absolute Gasteiger partial charge is 0.252 e. The van der Waals surface area contributed by atoms with E-state index in [-0.39, 0.29) is 5.91 Å². The Hall–Kier alpha value is -1.09. The fourth-order valence-electron chi connectivity index (χ4n) is 0.973. The first kappa shape index (κ1) is 11.0. The molecular weight excluding hydrogens is 200 g/mol. The highest BCUT2D eigenvalue weighted by Crippen LogP contribution is 1.98. The summed E-state index contributed by atoms with van der Waals surface area (Å²) in [5.74, 6) is 0.467. The monoisotopic (exact) mass is 212 g/mol. The molecular formula is C10H13ClN2O.